The Balaban J connectivity index is 1.32. The van der Waals surface area contributed by atoms with Gasteiger partial charge in [-0.25, -0.2) is 13.6 Å². The van der Waals surface area contributed by atoms with E-state index in [4.69, 9.17) is 16.3 Å². The van der Waals surface area contributed by atoms with E-state index in [0.717, 1.165) is 0 Å². The maximum atomic E-state index is 14.4. The lowest BCUT2D eigenvalue weighted by atomic mass is 9.83. The standard InChI is InChI=1S/C28H19ClF2N2O4/c29-16-5-7-18-21(15-33(24(18)13-16)26(35)19-3-1-2-4-23(19)31)25(34)32-11-9-28(10-12-32)22-8-6-17(30)14-20(22)27(36)37-28/h1-8,13-15H,9-12H2. The van der Waals surface area contributed by atoms with Gasteiger partial charge in [0, 0.05) is 48.1 Å². The average molecular weight is 521 g/mol. The fraction of sp³-hybridized carbons (Fsp3) is 0.179. The number of rotatable bonds is 2. The molecule has 3 aromatic carbocycles. The summed E-state index contributed by atoms with van der Waals surface area (Å²) in [4.78, 5) is 40.9. The number of amides is 1. The summed E-state index contributed by atoms with van der Waals surface area (Å²) in [7, 11) is 0. The van der Waals surface area contributed by atoms with E-state index in [0.29, 0.717) is 34.3 Å². The molecule has 2 aliphatic rings. The van der Waals surface area contributed by atoms with Gasteiger partial charge in [-0.15, -0.1) is 0 Å². The molecule has 1 saturated heterocycles. The number of carbonyl (C=O) groups is 3. The molecule has 1 amide bonds. The van der Waals surface area contributed by atoms with Gasteiger partial charge in [-0.1, -0.05) is 35.9 Å². The first-order valence-corrected chi connectivity index (χ1v) is 12.1. The van der Waals surface area contributed by atoms with Crippen LogP contribution in [0.2, 0.25) is 5.02 Å². The van der Waals surface area contributed by atoms with Gasteiger partial charge in [-0.3, -0.25) is 14.2 Å². The van der Waals surface area contributed by atoms with Crippen molar-refractivity contribution in [1.29, 1.82) is 0 Å². The van der Waals surface area contributed by atoms with E-state index in [9.17, 15) is 23.2 Å². The number of piperidine rings is 1. The summed E-state index contributed by atoms with van der Waals surface area (Å²) >= 11 is 6.18. The largest absolute Gasteiger partial charge is 0.450 e. The number of halogens is 3. The molecule has 1 aromatic heterocycles. The highest BCUT2D eigenvalue weighted by Crippen LogP contribution is 2.44. The molecule has 2 aliphatic heterocycles. The zero-order valence-electron chi connectivity index (χ0n) is 19.3. The number of ether oxygens (including phenoxy) is 1. The van der Waals surface area contributed by atoms with E-state index in [-0.39, 0.29) is 35.7 Å². The normalized spacial score (nSPS) is 16.2. The first-order valence-electron chi connectivity index (χ1n) is 11.7. The highest BCUT2D eigenvalue weighted by atomic mass is 35.5. The topological polar surface area (TPSA) is 68.6 Å². The van der Waals surface area contributed by atoms with Crippen molar-refractivity contribution in [3.8, 4) is 0 Å². The van der Waals surface area contributed by atoms with Crippen LogP contribution in [0.1, 0.15) is 49.5 Å². The molecule has 4 aromatic rings. The molecule has 1 spiro atoms. The zero-order chi connectivity index (χ0) is 25.9. The van der Waals surface area contributed by atoms with Crippen LogP contribution in [-0.2, 0) is 10.3 Å². The molecular formula is C28H19ClF2N2O4. The van der Waals surface area contributed by atoms with Crippen molar-refractivity contribution < 1.29 is 27.9 Å². The van der Waals surface area contributed by atoms with Gasteiger partial charge >= 0.3 is 5.97 Å². The Labute approximate surface area is 215 Å². The fourth-order valence-corrected chi connectivity index (χ4v) is 5.45. The first-order chi connectivity index (χ1) is 17.8. The molecule has 0 bridgehead atoms. The predicted octanol–water partition coefficient (Wildman–Crippen LogP) is 5.56. The Hall–Kier alpha value is -4.04. The Morgan fingerprint density at radius 1 is 0.919 bits per heavy atom. The van der Waals surface area contributed by atoms with Gasteiger partial charge in [-0.05, 0) is 36.4 Å². The van der Waals surface area contributed by atoms with Gasteiger partial charge in [0.1, 0.15) is 17.2 Å². The number of benzene rings is 3. The number of hydrogen-bond acceptors (Lipinski definition) is 4. The summed E-state index contributed by atoms with van der Waals surface area (Å²) in [5.74, 6) is -2.69. The Bertz CT molecular complexity index is 1620. The molecule has 0 unspecified atom stereocenters. The van der Waals surface area contributed by atoms with Gasteiger partial charge in [0.2, 0.25) is 0 Å². The van der Waals surface area contributed by atoms with E-state index in [1.165, 1.54) is 41.1 Å². The summed E-state index contributed by atoms with van der Waals surface area (Å²) in [6.07, 6.45) is 2.11. The van der Waals surface area contributed by atoms with E-state index < -0.39 is 29.1 Å². The Morgan fingerprint density at radius 3 is 2.43 bits per heavy atom. The van der Waals surface area contributed by atoms with Gasteiger partial charge in [0.05, 0.1) is 22.2 Å². The second-order valence-electron chi connectivity index (χ2n) is 9.23. The number of esters is 1. The summed E-state index contributed by atoms with van der Waals surface area (Å²) in [5.41, 5.74) is 0.478. The minimum atomic E-state index is -0.904. The second kappa shape index (κ2) is 8.52. The van der Waals surface area contributed by atoms with E-state index in [1.807, 2.05) is 0 Å². The van der Waals surface area contributed by atoms with Gasteiger partial charge in [-0.2, -0.15) is 0 Å². The van der Waals surface area contributed by atoms with Crippen molar-refractivity contribution in [3.05, 3.63) is 106 Å². The molecule has 9 heteroatoms. The van der Waals surface area contributed by atoms with Crippen molar-refractivity contribution >= 4 is 40.3 Å². The molecule has 6 rings (SSSR count). The number of carbonyl (C=O) groups excluding carboxylic acids is 3. The maximum Gasteiger partial charge on any atom is 0.339 e. The number of nitrogens with zero attached hydrogens (tertiary/aromatic N) is 2. The van der Waals surface area contributed by atoms with Crippen LogP contribution in [0, 0.1) is 11.6 Å². The number of hydrogen-bond donors (Lipinski definition) is 0. The average Bonchev–Trinajstić information content (AvgIpc) is 3.38. The van der Waals surface area contributed by atoms with E-state index in [1.54, 1.807) is 35.2 Å². The number of aromatic nitrogens is 1. The van der Waals surface area contributed by atoms with Crippen LogP contribution in [0.5, 0.6) is 0 Å². The van der Waals surface area contributed by atoms with Gasteiger partial charge in [0.15, 0.2) is 0 Å². The van der Waals surface area contributed by atoms with Crippen LogP contribution >= 0.6 is 11.6 Å². The minimum Gasteiger partial charge on any atom is -0.450 e. The molecule has 0 radical (unpaired) electrons. The lowest BCUT2D eigenvalue weighted by Crippen LogP contribution is -2.45. The minimum absolute atomic E-state index is 0.128. The zero-order valence-corrected chi connectivity index (χ0v) is 20.1. The second-order valence-corrected chi connectivity index (χ2v) is 9.66. The Morgan fingerprint density at radius 2 is 1.68 bits per heavy atom. The van der Waals surface area contributed by atoms with Crippen LogP contribution in [0.4, 0.5) is 8.78 Å². The SMILES string of the molecule is O=C1OC2(CCN(C(=O)c3cn(C(=O)c4ccccc4F)c4cc(Cl)ccc34)CC2)c2ccc(F)cc21. The molecule has 0 aliphatic carbocycles. The number of fused-ring (bicyclic) bond motifs is 3. The molecule has 37 heavy (non-hydrogen) atoms. The summed E-state index contributed by atoms with van der Waals surface area (Å²) in [6, 6.07) is 14.5. The third kappa shape index (κ3) is 3.71. The smallest absolute Gasteiger partial charge is 0.339 e. The van der Waals surface area contributed by atoms with Crippen LogP contribution in [0.3, 0.4) is 0 Å². The summed E-state index contributed by atoms with van der Waals surface area (Å²) < 4.78 is 35.0. The summed E-state index contributed by atoms with van der Waals surface area (Å²) in [6.45, 7) is 0.564. The lowest BCUT2D eigenvalue weighted by Gasteiger charge is -2.38. The first kappa shape index (κ1) is 23.4. The quantitative estimate of drug-likeness (QED) is 0.324. The van der Waals surface area contributed by atoms with Crippen molar-refractivity contribution in [2.75, 3.05) is 13.1 Å². The van der Waals surface area contributed by atoms with E-state index >= 15 is 0 Å². The highest BCUT2D eigenvalue weighted by Gasteiger charge is 2.48. The monoisotopic (exact) mass is 520 g/mol. The summed E-state index contributed by atoms with van der Waals surface area (Å²) in [5, 5.41) is 0.873. The maximum absolute atomic E-state index is 14.4. The molecular weight excluding hydrogens is 502 g/mol. The van der Waals surface area contributed by atoms with Crippen LogP contribution in [-0.4, -0.2) is 40.3 Å². The molecule has 0 atom stereocenters. The molecule has 0 N–H and O–H groups in total. The van der Waals surface area contributed by atoms with Gasteiger partial charge < -0.3 is 9.64 Å². The van der Waals surface area contributed by atoms with Crippen LogP contribution in [0.25, 0.3) is 10.9 Å². The third-order valence-electron chi connectivity index (χ3n) is 7.16. The van der Waals surface area contributed by atoms with Crippen LogP contribution < -0.4 is 0 Å². The van der Waals surface area contributed by atoms with Crippen molar-refractivity contribution in [2.24, 2.45) is 0 Å². The predicted molar refractivity (Wildman–Crippen MR) is 132 cm³/mol. The molecule has 6 nitrogen and oxygen atoms in total. The van der Waals surface area contributed by atoms with Crippen molar-refractivity contribution in [2.45, 2.75) is 18.4 Å². The highest BCUT2D eigenvalue weighted by molar-refractivity contribution is 6.31. The van der Waals surface area contributed by atoms with Crippen LogP contribution in [0.15, 0.2) is 66.9 Å². The molecule has 186 valence electrons. The fourth-order valence-electron chi connectivity index (χ4n) is 5.29. The van der Waals surface area contributed by atoms with Crippen molar-refractivity contribution in [3.63, 3.8) is 0 Å². The lowest BCUT2D eigenvalue weighted by molar-refractivity contribution is -0.0389. The molecule has 3 heterocycles. The molecule has 1 fully saturated rings. The van der Waals surface area contributed by atoms with Crippen molar-refractivity contribution in [1.82, 2.24) is 9.47 Å². The Kier molecular flexibility index (Phi) is 5.38. The van der Waals surface area contributed by atoms with Gasteiger partial charge in [0.25, 0.3) is 11.8 Å². The number of likely N-dealkylation sites (tertiary alicyclic amines) is 1. The third-order valence-corrected chi connectivity index (χ3v) is 7.40. The van der Waals surface area contributed by atoms with E-state index in [2.05, 4.69) is 0 Å². The molecule has 0 saturated carbocycles.